The van der Waals surface area contributed by atoms with E-state index < -0.39 is 24.2 Å². The van der Waals surface area contributed by atoms with Crippen LogP contribution in [-0.2, 0) is 22.5 Å². The SMILES string of the molecule is COC(=O)C1C(O)C[C@@H](Cc2ccccc2)N(Cc2ccccc2)C1O. The van der Waals surface area contributed by atoms with E-state index in [-0.39, 0.29) is 6.04 Å². The zero-order valence-corrected chi connectivity index (χ0v) is 14.9. The molecule has 26 heavy (non-hydrogen) atoms. The second kappa shape index (κ2) is 8.45. The third-order valence-electron chi connectivity index (χ3n) is 5.05. The highest BCUT2D eigenvalue weighted by Crippen LogP contribution is 2.31. The van der Waals surface area contributed by atoms with E-state index in [4.69, 9.17) is 4.74 Å². The molecule has 1 heterocycles. The lowest BCUT2D eigenvalue weighted by Crippen LogP contribution is -2.58. The van der Waals surface area contributed by atoms with Crippen molar-refractivity contribution >= 4 is 5.97 Å². The van der Waals surface area contributed by atoms with Crippen LogP contribution in [0.5, 0.6) is 0 Å². The average molecular weight is 355 g/mol. The number of ether oxygens (including phenoxy) is 1. The van der Waals surface area contributed by atoms with Crippen LogP contribution in [0.4, 0.5) is 0 Å². The summed E-state index contributed by atoms with van der Waals surface area (Å²) in [5, 5.41) is 21.4. The Morgan fingerprint density at radius 3 is 2.19 bits per heavy atom. The predicted molar refractivity (Wildman–Crippen MR) is 98.1 cm³/mol. The number of likely N-dealkylation sites (tertiary alicyclic amines) is 1. The number of benzene rings is 2. The standard InChI is InChI=1S/C21H25NO4/c1-26-21(25)19-18(23)13-17(12-15-8-4-2-5-9-15)22(20(19)24)14-16-10-6-3-7-11-16/h2-11,17-20,23-24H,12-14H2,1H3/t17-,18?,19?,20?/m1/s1. The van der Waals surface area contributed by atoms with Crippen molar-refractivity contribution in [2.75, 3.05) is 7.11 Å². The smallest absolute Gasteiger partial charge is 0.315 e. The summed E-state index contributed by atoms with van der Waals surface area (Å²) in [6, 6.07) is 19.7. The quantitative estimate of drug-likeness (QED) is 0.803. The summed E-state index contributed by atoms with van der Waals surface area (Å²) in [6.07, 6.45) is -0.938. The van der Waals surface area contributed by atoms with E-state index in [9.17, 15) is 15.0 Å². The van der Waals surface area contributed by atoms with Gasteiger partial charge in [0.2, 0.25) is 0 Å². The molecule has 0 spiro atoms. The number of rotatable bonds is 5. The van der Waals surface area contributed by atoms with E-state index in [0.29, 0.717) is 19.4 Å². The van der Waals surface area contributed by atoms with Gasteiger partial charge in [0, 0.05) is 12.6 Å². The third kappa shape index (κ3) is 4.12. The summed E-state index contributed by atoms with van der Waals surface area (Å²) in [5.74, 6) is -1.54. The molecule has 1 fully saturated rings. The number of methoxy groups -OCH3 is 1. The molecule has 0 radical (unpaired) electrons. The minimum atomic E-state index is -1.10. The monoisotopic (exact) mass is 355 g/mol. The first-order chi connectivity index (χ1) is 12.6. The van der Waals surface area contributed by atoms with Gasteiger partial charge in [0.15, 0.2) is 0 Å². The van der Waals surface area contributed by atoms with Crippen molar-refractivity contribution in [2.45, 2.75) is 37.8 Å². The fraction of sp³-hybridized carbons (Fsp3) is 0.381. The van der Waals surface area contributed by atoms with Crippen molar-refractivity contribution in [3.63, 3.8) is 0 Å². The summed E-state index contributed by atoms with van der Waals surface area (Å²) in [5.41, 5.74) is 2.18. The van der Waals surface area contributed by atoms with E-state index in [0.717, 1.165) is 11.1 Å². The van der Waals surface area contributed by atoms with Crippen molar-refractivity contribution < 1.29 is 19.7 Å². The molecule has 1 aliphatic heterocycles. The van der Waals surface area contributed by atoms with Crippen molar-refractivity contribution in [2.24, 2.45) is 5.92 Å². The molecular weight excluding hydrogens is 330 g/mol. The molecular formula is C21H25NO4. The van der Waals surface area contributed by atoms with Crippen LogP contribution in [0.15, 0.2) is 60.7 Å². The summed E-state index contributed by atoms with van der Waals surface area (Å²) in [7, 11) is 1.28. The topological polar surface area (TPSA) is 70.0 Å². The zero-order chi connectivity index (χ0) is 18.5. The molecule has 2 aromatic rings. The van der Waals surface area contributed by atoms with E-state index >= 15 is 0 Å². The minimum absolute atomic E-state index is 0.0801. The van der Waals surface area contributed by atoms with Crippen LogP contribution >= 0.6 is 0 Å². The van der Waals surface area contributed by atoms with E-state index in [1.807, 2.05) is 65.6 Å². The molecule has 1 aliphatic rings. The molecule has 4 atom stereocenters. The Morgan fingerprint density at radius 1 is 1.04 bits per heavy atom. The molecule has 0 bridgehead atoms. The van der Waals surface area contributed by atoms with Crippen LogP contribution < -0.4 is 0 Å². The summed E-state index contributed by atoms with van der Waals surface area (Å²) in [4.78, 5) is 14.0. The number of carbonyl (C=O) groups excluding carboxylic acids is 1. The molecule has 5 heteroatoms. The van der Waals surface area contributed by atoms with E-state index in [2.05, 4.69) is 0 Å². The molecule has 5 nitrogen and oxygen atoms in total. The van der Waals surface area contributed by atoms with Gasteiger partial charge in [0.25, 0.3) is 0 Å². The fourth-order valence-electron chi connectivity index (χ4n) is 3.70. The van der Waals surface area contributed by atoms with Gasteiger partial charge in [-0.25, -0.2) is 0 Å². The second-order valence-electron chi connectivity index (χ2n) is 6.77. The first kappa shape index (κ1) is 18.6. The number of hydrogen-bond acceptors (Lipinski definition) is 5. The van der Waals surface area contributed by atoms with Crippen LogP contribution in [0.25, 0.3) is 0 Å². The lowest BCUT2D eigenvalue weighted by Gasteiger charge is -2.45. The van der Waals surface area contributed by atoms with Crippen LogP contribution in [0.3, 0.4) is 0 Å². The van der Waals surface area contributed by atoms with Gasteiger partial charge >= 0.3 is 5.97 Å². The highest BCUT2D eigenvalue weighted by atomic mass is 16.5. The second-order valence-corrected chi connectivity index (χ2v) is 6.77. The molecule has 0 amide bonds. The lowest BCUT2D eigenvalue weighted by atomic mass is 9.85. The van der Waals surface area contributed by atoms with Crippen molar-refractivity contribution in [3.8, 4) is 0 Å². The number of aliphatic hydroxyl groups excluding tert-OH is 2. The maximum Gasteiger partial charge on any atom is 0.315 e. The van der Waals surface area contributed by atoms with Gasteiger partial charge in [-0.2, -0.15) is 0 Å². The first-order valence-corrected chi connectivity index (χ1v) is 8.87. The lowest BCUT2D eigenvalue weighted by molar-refractivity contribution is -0.181. The summed E-state index contributed by atoms with van der Waals surface area (Å²) < 4.78 is 4.80. The Balaban J connectivity index is 1.86. The van der Waals surface area contributed by atoms with Crippen LogP contribution in [0.2, 0.25) is 0 Å². The Kier molecular flexibility index (Phi) is 6.04. The summed E-state index contributed by atoms with van der Waals surface area (Å²) in [6.45, 7) is 0.500. The van der Waals surface area contributed by atoms with Crippen LogP contribution in [-0.4, -0.2) is 46.6 Å². The molecule has 138 valence electrons. The van der Waals surface area contributed by atoms with Crippen LogP contribution in [0, 0.1) is 5.92 Å². The Bertz CT molecular complexity index is 706. The number of aliphatic hydroxyl groups is 2. The summed E-state index contributed by atoms with van der Waals surface area (Å²) >= 11 is 0. The average Bonchev–Trinajstić information content (AvgIpc) is 2.66. The molecule has 3 unspecified atom stereocenters. The van der Waals surface area contributed by atoms with Gasteiger partial charge in [-0.3, -0.25) is 9.69 Å². The maximum atomic E-state index is 12.1. The third-order valence-corrected chi connectivity index (χ3v) is 5.05. The Hall–Kier alpha value is -2.21. The van der Waals surface area contributed by atoms with Crippen molar-refractivity contribution in [1.82, 2.24) is 4.90 Å². The van der Waals surface area contributed by atoms with E-state index in [1.54, 1.807) is 0 Å². The Labute approximate surface area is 153 Å². The van der Waals surface area contributed by atoms with Gasteiger partial charge < -0.3 is 14.9 Å². The van der Waals surface area contributed by atoms with Gasteiger partial charge in [0.05, 0.1) is 13.2 Å². The minimum Gasteiger partial charge on any atom is -0.469 e. The molecule has 0 aliphatic carbocycles. The number of carbonyl (C=O) groups is 1. The molecule has 0 saturated carbocycles. The fourth-order valence-corrected chi connectivity index (χ4v) is 3.70. The number of nitrogens with zero attached hydrogens (tertiary/aromatic N) is 1. The zero-order valence-electron chi connectivity index (χ0n) is 14.9. The highest BCUT2D eigenvalue weighted by molar-refractivity contribution is 5.73. The van der Waals surface area contributed by atoms with E-state index in [1.165, 1.54) is 7.11 Å². The van der Waals surface area contributed by atoms with Crippen molar-refractivity contribution in [3.05, 3.63) is 71.8 Å². The van der Waals surface area contributed by atoms with Gasteiger partial charge in [-0.05, 0) is 24.0 Å². The number of hydrogen-bond donors (Lipinski definition) is 2. The van der Waals surface area contributed by atoms with Gasteiger partial charge in [-0.1, -0.05) is 60.7 Å². The Morgan fingerprint density at radius 2 is 1.62 bits per heavy atom. The number of esters is 1. The first-order valence-electron chi connectivity index (χ1n) is 8.87. The molecule has 3 rings (SSSR count). The molecule has 1 saturated heterocycles. The molecule has 2 aromatic carbocycles. The molecule has 2 N–H and O–H groups in total. The normalized spacial score (nSPS) is 26.4. The number of piperidine rings is 1. The maximum absolute atomic E-state index is 12.1. The highest BCUT2D eigenvalue weighted by Gasteiger charge is 2.45. The van der Waals surface area contributed by atoms with Crippen LogP contribution in [0.1, 0.15) is 17.5 Å². The van der Waals surface area contributed by atoms with Gasteiger partial charge in [-0.15, -0.1) is 0 Å². The largest absolute Gasteiger partial charge is 0.469 e. The molecule has 0 aromatic heterocycles. The van der Waals surface area contributed by atoms with Gasteiger partial charge in [0.1, 0.15) is 12.1 Å². The van der Waals surface area contributed by atoms with Crippen molar-refractivity contribution in [1.29, 1.82) is 0 Å². The predicted octanol–water partition coefficient (Wildman–Crippen LogP) is 1.97.